The Morgan fingerprint density at radius 2 is 1.95 bits per heavy atom. The van der Waals surface area contributed by atoms with E-state index in [2.05, 4.69) is 39.0 Å². The first-order chi connectivity index (χ1) is 18.1. The van der Waals surface area contributed by atoms with Crippen LogP contribution in [0.3, 0.4) is 0 Å². The Kier molecular flexibility index (Phi) is 11.0. The number of rotatable bonds is 13. The van der Waals surface area contributed by atoms with E-state index >= 15 is 0 Å². The van der Waals surface area contributed by atoms with Gasteiger partial charge in [0.2, 0.25) is 0 Å². The summed E-state index contributed by atoms with van der Waals surface area (Å²) in [5, 5.41) is 7.59. The maximum absolute atomic E-state index is 13.0. The predicted molar refractivity (Wildman–Crippen MR) is 148 cm³/mol. The van der Waals surface area contributed by atoms with Gasteiger partial charge in [-0.1, -0.05) is 57.4 Å². The van der Waals surface area contributed by atoms with Gasteiger partial charge in [0, 0.05) is 29.1 Å². The molecule has 1 N–H and O–H groups in total. The van der Waals surface area contributed by atoms with Crippen LogP contribution in [-0.2, 0) is 11.3 Å². The lowest BCUT2D eigenvalue weighted by Gasteiger charge is -2.24. The molecule has 0 spiro atoms. The lowest BCUT2D eigenvalue weighted by molar-refractivity contribution is -0.305. The molecule has 1 saturated carbocycles. The molecular formula is C30H42F3N3O2. The highest BCUT2D eigenvalue weighted by Gasteiger charge is 2.31. The van der Waals surface area contributed by atoms with Gasteiger partial charge in [0.1, 0.15) is 12.3 Å². The molecule has 0 radical (unpaired) electrons. The standard InChI is InChI=1S/C30H42F3N3O2/c1-5-14-34-15-13-26(24(16-21(2)3)17-22(4)38-30(31,32)33)28-20-36(25-9-7-6-8-10-25)29-12-11-23(19-35-37)18-27(28)29/h11-12,16-18,20-21,25-26,34H,5-10,13-15,19H2,1-4H3/b22-17+,24-16+. The van der Waals surface area contributed by atoms with Crippen LogP contribution >= 0.6 is 0 Å². The highest BCUT2D eigenvalue weighted by molar-refractivity contribution is 5.86. The number of halogens is 3. The predicted octanol–water partition coefficient (Wildman–Crippen LogP) is 8.91. The van der Waals surface area contributed by atoms with E-state index in [9.17, 15) is 18.1 Å². The Bertz CT molecular complexity index is 1110. The Labute approximate surface area is 224 Å². The second kappa shape index (κ2) is 14.0. The summed E-state index contributed by atoms with van der Waals surface area (Å²) >= 11 is 0. The Morgan fingerprint density at radius 1 is 1.21 bits per heavy atom. The fourth-order valence-corrected chi connectivity index (χ4v) is 5.59. The van der Waals surface area contributed by atoms with Crippen LogP contribution in [0.1, 0.15) is 95.7 Å². The number of hydrogen-bond donors (Lipinski definition) is 1. The van der Waals surface area contributed by atoms with E-state index in [1.165, 1.54) is 26.2 Å². The van der Waals surface area contributed by atoms with Crippen molar-refractivity contribution < 1.29 is 17.9 Å². The summed E-state index contributed by atoms with van der Waals surface area (Å²) in [4.78, 5) is 11.1. The van der Waals surface area contributed by atoms with Gasteiger partial charge in [-0.2, -0.15) is 4.91 Å². The fourth-order valence-electron chi connectivity index (χ4n) is 5.59. The van der Waals surface area contributed by atoms with Gasteiger partial charge in [0.25, 0.3) is 0 Å². The lowest BCUT2D eigenvalue weighted by Crippen LogP contribution is -2.19. The largest absolute Gasteiger partial charge is 0.572 e. The van der Waals surface area contributed by atoms with E-state index in [-0.39, 0.29) is 24.1 Å². The number of hydrogen-bond acceptors (Lipinski definition) is 4. The van der Waals surface area contributed by atoms with Crippen molar-refractivity contribution in [3.8, 4) is 0 Å². The minimum atomic E-state index is -4.74. The van der Waals surface area contributed by atoms with Crippen LogP contribution in [0.2, 0.25) is 0 Å². The van der Waals surface area contributed by atoms with Gasteiger partial charge in [0.05, 0.1) is 0 Å². The second-order valence-electron chi connectivity index (χ2n) is 10.7. The number of allylic oxidation sites excluding steroid dienone is 4. The smallest absolute Gasteiger partial charge is 0.411 e. The van der Waals surface area contributed by atoms with Gasteiger partial charge in [-0.3, -0.25) is 0 Å². The lowest BCUT2D eigenvalue weighted by atomic mass is 9.85. The number of nitrogens with one attached hydrogen (secondary N) is 1. The molecule has 210 valence electrons. The maximum atomic E-state index is 13.0. The number of alkyl halides is 3. The van der Waals surface area contributed by atoms with Gasteiger partial charge >= 0.3 is 6.36 Å². The molecule has 0 aliphatic heterocycles. The van der Waals surface area contributed by atoms with E-state index in [0.717, 1.165) is 60.0 Å². The number of aromatic nitrogens is 1. The summed E-state index contributed by atoms with van der Waals surface area (Å²) in [5.74, 6) is -0.203. The third kappa shape index (κ3) is 8.45. The molecule has 3 rings (SSSR count). The van der Waals surface area contributed by atoms with Crippen molar-refractivity contribution in [3.63, 3.8) is 0 Å². The van der Waals surface area contributed by atoms with E-state index in [0.29, 0.717) is 12.5 Å². The molecular weight excluding hydrogens is 491 g/mol. The number of nitroso groups, excluding NO2 is 1. The third-order valence-electron chi connectivity index (χ3n) is 7.13. The van der Waals surface area contributed by atoms with Crippen LogP contribution in [-0.4, -0.2) is 24.0 Å². The third-order valence-corrected chi connectivity index (χ3v) is 7.13. The molecule has 1 heterocycles. The molecule has 1 fully saturated rings. The van der Waals surface area contributed by atoms with Crippen LogP contribution in [0.4, 0.5) is 13.2 Å². The summed E-state index contributed by atoms with van der Waals surface area (Å²) in [6.07, 6.45) is 8.60. The number of nitrogens with zero attached hydrogens (tertiary/aromatic N) is 2. The SMILES string of the molecule is CCCNCCC(C(=C/C(C)C)/C=C(\C)OC(F)(F)F)c1cn(C2CCCCC2)c2ccc(CN=O)cc12. The molecule has 0 saturated heterocycles. The van der Waals surface area contributed by atoms with Crippen molar-refractivity contribution in [2.45, 2.75) is 97.5 Å². The quantitative estimate of drug-likeness (QED) is 0.121. The molecule has 2 aromatic rings. The minimum Gasteiger partial charge on any atom is -0.411 e. The topological polar surface area (TPSA) is 55.6 Å². The highest BCUT2D eigenvalue weighted by atomic mass is 19.4. The molecule has 1 aromatic carbocycles. The molecule has 8 heteroatoms. The van der Waals surface area contributed by atoms with E-state index in [4.69, 9.17) is 0 Å². The summed E-state index contributed by atoms with van der Waals surface area (Å²) in [5.41, 5.74) is 3.81. The van der Waals surface area contributed by atoms with Crippen LogP contribution in [0.15, 0.2) is 53.1 Å². The monoisotopic (exact) mass is 533 g/mol. The zero-order valence-corrected chi connectivity index (χ0v) is 23.1. The second-order valence-corrected chi connectivity index (χ2v) is 10.7. The molecule has 0 amide bonds. The Hall–Kier alpha value is -2.61. The zero-order chi connectivity index (χ0) is 27.7. The summed E-state index contributed by atoms with van der Waals surface area (Å²) in [6, 6.07) is 6.45. The van der Waals surface area contributed by atoms with Crippen molar-refractivity contribution in [2.24, 2.45) is 11.1 Å². The first kappa shape index (κ1) is 29.9. The van der Waals surface area contributed by atoms with Gasteiger partial charge in [-0.15, -0.1) is 13.2 Å². The van der Waals surface area contributed by atoms with E-state index < -0.39 is 6.36 Å². The highest BCUT2D eigenvalue weighted by Crippen LogP contribution is 2.40. The normalized spacial score (nSPS) is 16.8. The van der Waals surface area contributed by atoms with Crippen LogP contribution in [0.25, 0.3) is 10.9 Å². The Morgan fingerprint density at radius 3 is 2.58 bits per heavy atom. The molecule has 0 bridgehead atoms. The van der Waals surface area contributed by atoms with Crippen LogP contribution in [0, 0.1) is 10.8 Å². The van der Waals surface area contributed by atoms with E-state index in [1.54, 1.807) is 6.08 Å². The molecule has 1 aliphatic carbocycles. The molecule has 1 unspecified atom stereocenters. The zero-order valence-electron chi connectivity index (χ0n) is 23.1. The molecule has 1 atom stereocenters. The first-order valence-electron chi connectivity index (χ1n) is 13.9. The van der Waals surface area contributed by atoms with Crippen molar-refractivity contribution in [2.75, 3.05) is 13.1 Å². The molecule has 1 aromatic heterocycles. The van der Waals surface area contributed by atoms with Gasteiger partial charge < -0.3 is 14.6 Å². The average Bonchev–Trinajstić information content (AvgIpc) is 3.21. The van der Waals surface area contributed by atoms with Gasteiger partial charge in [-0.05, 0) is 86.5 Å². The molecule has 38 heavy (non-hydrogen) atoms. The van der Waals surface area contributed by atoms with Crippen molar-refractivity contribution in [1.82, 2.24) is 9.88 Å². The number of fused-ring (bicyclic) bond motifs is 1. The summed E-state index contributed by atoms with van der Waals surface area (Å²) in [7, 11) is 0. The number of ether oxygens (including phenoxy) is 1. The minimum absolute atomic E-state index is 0.0832. The van der Waals surface area contributed by atoms with Gasteiger partial charge in [0.15, 0.2) is 0 Å². The Balaban J connectivity index is 2.18. The van der Waals surface area contributed by atoms with Gasteiger partial charge in [-0.25, -0.2) is 0 Å². The summed E-state index contributed by atoms with van der Waals surface area (Å²) < 4.78 is 45.7. The fraction of sp³-hybridized carbons (Fsp3) is 0.600. The maximum Gasteiger partial charge on any atom is 0.572 e. The van der Waals surface area contributed by atoms with Crippen LogP contribution in [0.5, 0.6) is 0 Å². The molecule has 1 aliphatic rings. The van der Waals surface area contributed by atoms with E-state index in [1.807, 2.05) is 32.1 Å². The summed E-state index contributed by atoms with van der Waals surface area (Å²) in [6.45, 7) is 9.20. The molecule has 5 nitrogen and oxygen atoms in total. The van der Waals surface area contributed by atoms with Crippen molar-refractivity contribution in [3.05, 3.63) is 63.9 Å². The first-order valence-corrected chi connectivity index (χ1v) is 13.9. The van der Waals surface area contributed by atoms with Crippen molar-refractivity contribution >= 4 is 10.9 Å². The number of benzene rings is 1. The average molecular weight is 534 g/mol. The van der Waals surface area contributed by atoms with Crippen molar-refractivity contribution in [1.29, 1.82) is 0 Å². The van der Waals surface area contributed by atoms with Crippen LogP contribution < -0.4 is 5.32 Å².